The zero-order valence-corrected chi connectivity index (χ0v) is 21.7. The Morgan fingerprint density at radius 3 is 2.38 bits per heavy atom. The summed E-state index contributed by atoms with van der Waals surface area (Å²) in [5.74, 6) is 0.400. The van der Waals surface area contributed by atoms with Crippen LogP contribution < -0.4 is 10.1 Å². The lowest BCUT2D eigenvalue weighted by Gasteiger charge is -2.14. The van der Waals surface area contributed by atoms with Gasteiger partial charge in [-0.1, -0.05) is 30.3 Å². The first-order valence-corrected chi connectivity index (χ1v) is 14.1. The number of amides is 1. The maximum atomic E-state index is 13.8. The molecule has 0 unspecified atom stereocenters. The number of nitriles is 1. The van der Waals surface area contributed by atoms with Crippen LogP contribution in [-0.4, -0.2) is 20.1 Å². The Balaban J connectivity index is 1.34. The van der Waals surface area contributed by atoms with Crippen LogP contribution in [-0.2, 0) is 21.1 Å². The summed E-state index contributed by atoms with van der Waals surface area (Å²) in [6, 6.07) is 26.4. The number of hydrogen-bond donors (Lipinski definition) is 1. The van der Waals surface area contributed by atoms with Crippen LogP contribution in [0, 0.1) is 23.1 Å². The summed E-state index contributed by atoms with van der Waals surface area (Å²) >= 11 is 0. The topological polar surface area (TPSA) is 96.3 Å². The van der Waals surface area contributed by atoms with Crippen molar-refractivity contribution in [3.63, 3.8) is 0 Å². The van der Waals surface area contributed by atoms with Crippen LogP contribution in [0.3, 0.4) is 0 Å². The lowest BCUT2D eigenvalue weighted by Crippen LogP contribution is -2.14. The Kier molecular flexibility index (Phi) is 7.44. The Hall–Kier alpha value is -4.48. The highest BCUT2D eigenvalue weighted by molar-refractivity contribution is 7.91. The number of carbonyl (C=O) groups excluding carboxylic acids is 1. The van der Waals surface area contributed by atoms with E-state index in [1.807, 2.05) is 0 Å². The van der Waals surface area contributed by atoms with E-state index in [9.17, 15) is 17.6 Å². The van der Waals surface area contributed by atoms with Crippen LogP contribution in [0.4, 0.5) is 10.1 Å². The van der Waals surface area contributed by atoms with Crippen molar-refractivity contribution in [3.05, 3.63) is 108 Å². The van der Waals surface area contributed by atoms with Crippen LogP contribution in [0.2, 0.25) is 0 Å². The summed E-state index contributed by atoms with van der Waals surface area (Å²) in [5, 5.41) is 12.0. The molecule has 8 heteroatoms. The van der Waals surface area contributed by atoms with Gasteiger partial charge in [-0.25, -0.2) is 12.8 Å². The van der Waals surface area contributed by atoms with Gasteiger partial charge in [-0.3, -0.25) is 4.79 Å². The SMILES string of the molecule is N#Cc1ccc(-c2ccc(NC(=O)Cc3ccc(S(=O)(=O)CC4CC4)cc3)cc2Oc2cccc(F)c2)cc1. The summed E-state index contributed by atoms with van der Waals surface area (Å²) in [6.07, 6.45) is 1.97. The first-order valence-electron chi connectivity index (χ1n) is 12.5. The van der Waals surface area contributed by atoms with Gasteiger partial charge in [0.05, 0.1) is 28.7 Å². The van der Waals surface area contributed by atoms with Gasteiger partial charge in [0.15, 0.2) is 9.84 Å². The second-order valence-corrected chi connectivity index (χ2v) is 11.6. The second kappa shape index (κ2) is 11.1. The summed E-state index contributed by atoms with van der Waals surface area (Å²) in [5.41, 5.74) is 3.17. The van der Waals surface area contributed by atoms with Crippen LogP contribution in [0.1, 0.15) is 24.0 Å². The van der Waals surface area contributed by atoms with E-state index >= 15 is 0 Å². The molecule has 4 aromatic rings. The summed E-state index contributed by atoms with van der Waals surface area (Å²) in [6.45, 7) is 0. The van der Waals surface area contributed by atoms with Crippen molar-refractivity contribution in [3.8, 4) is 28.7 Å². The summed E-state index contributed by atoms with van der Waals surface area (Å²) in [7, 11) is -3.31. The number of nitrogens with one attached hydrogen (secondary N) is 1. The molecule has 0 saturated heterocycles. The molecule has 0 bridgehead atoms. The van der Waals surface area contributed by atoms with Gasteiger partial charge >= 0.3 is 0 Å². The molecule has 1 aliphatic rings. The third kappa shape index (κ3) is 6.70. The van der Waals surface area contributed by atoms with E-state index in [1.165, 1.54) is 12.1 Å². The van der Waals surface area contributed by atoms with Gasteiger partial charge in [-0.2, -0.15) is 5.26 Å². The smallest absolute Gasteiger partial charge is 0.228 e. The number of rotatable bonds is 9. The van der Waals surface area contributed by atoms with Crippen LogP contribution >= 0.6 is 0 Å². The molecule has 1 N–H and O–H groups in total. The first-order chi connectivity index (χ1) is 18.8. The van der Waals surface area contributed by atoms with Gasteiger partial charge in [-0.05, 0) is 78.4 Å². The molecular formula is C31H25FN2O4S. The fourth-order valence-corrected chi connectivity index (χ4v) is 5.90. The highest BCUT2D eigenvalue weighted by Crippen LogP contribution is 2.36. The Morgan fingerprint density at radius 2 is 1.72 bits per heavy atom. The van der Waals surface area contributed by atoms with Gasteiger partial charge < -0.3 is 10.1 Å². The molecule has 1 saturated carbocycles. The summed E-state index contributed by atoms with van der Waals surface area (Å²) < 4.78 is 44.7. The molecule has 0 spiro atoms. The molecule has 4 aromatic carbocycles. The van der Waals surface area contributed by atoms with Crippen molar-refractivity contribution in [1.29, 1.82) is 5.26 Å². The molecule has 5 rings (SSSR count). The zero-order valence-electron chi connectivity index (χ0n) is 20.9. The predicted octanol–water partition coefficient (Wildman–Crippen LogP) is 6.52. The highest BCUT2D eigenvalue weighted by atomic mass is 32.2. The van der Waals surface area contributed by atoms with Crippen LogP contribution in [0.15, 0.2) is 95.9 Å². The third-order valence-electron chi connectivity index (χ3n) is 6.41. The van der Waals surface area contributed by atoms with Crippen molar-refractivity contribution in [1.82, 2.24) is 0 Å². The minimum Gasteiger partial charge on any atom is -0.457 e. The minimum atomic E-state index is -3.31. The number of hydrogen-bond acceptors (Lipinski definition) is 5. The molecule has 196 valence electrons. The normalized spacial score (nSPS) is 12.9. The van der Waals surface area contributed by atoms with Crippen molar-refractivity contribution in [2.75, 3.05) is 11.1 Å². The first kappa shape index (κ1) is 26.1. The monoisotopic (exact) mass is 540 g/mol. The van der Waals surface area contributed by atoms with E-state index in [1.54, 1.807) is 78.9 Å². The fraction of sp³-hybridized carbons (Fsp3) is 0.161. The molecular weight excluding hydrogens is 515 g/mol. The number of benzene rings is 4. The second-order valence-electron chi connectivity index (χ2n) is 9.55. The van der Waals surface area contributed by atoms with Crippen LogP contribution in [0.25, 0.3) is 11.1 Å². The highest BCUT2D eigenvalue weighted by Gasteiger charge is 2.29. The molecule has 0 heterocycles. The Bertz CT molecular complexity index is 1660. The number of halogens is 1. The minimum absolute atomic E-state index is 0.0560. The van der Waals surface area contributed by atoms with Crippen molar-refractivity contribution in [2.45, 2.75) is 24.2 Å². The number of ether oxygens (including phenoxy) is 1. The summed E-state index contributed by atoms with van der Waals surface area (Å²) in [4.78, 5) is 13.1. The van der Waals surface area contributed by atoms with Gasteiger partial charge in [0, 0.05) is 23.4 Å². The van der Waals surface area contributed by atoms with Crippen molar-refractivity contribution >= 4 is 21.4 Å². The van der Waals surface area contributed by atoms with Gasteiger partial charge in [0.2, 0.25) is 5.91 Å². The third-order valence-corrected chi connectivity index (χ3v) is 8.31. The van der Waals surface area contributed by atoms with E-state index in [-0.39, 0.29) is 28.9 Å². The number of carbonyl (C=O) groups is 1. The van der Waals surface area contributed by atoms with E-state index in [0.717, 1.165) is 18.4 Å². The quantitative estimate of drug-likeness (QED) is 0.261. The lowest BCUT2D eigenvalue weighted by atomic mass is 10.0. The molecule has 0 aliphatic heterocycles. The standard InChI is InChI=1S/C31H25FN2O4S/c32-25-2-1-3-27(17-25)38-30-18-26(12-15-29(30)24-10-6-22(19-33)7-11-24)34-31(35)16-21-8-13-28(14-9-21)39(36,37)20-23-4-5-23/h1-3,6-15,17-18,23H,4-5,16,20H2,(H,34,35). The lowest BCUT2D eigenvalue weighted by molar-refractivity contribution is -0.115. The molecule has 0 radical (unpaired) electrons. The molecule has 1 fully saturated rings. The molecule has 39 heavy (non-hydrogen) atoms. The Labute approximate surface area is 226 Å². The largest absolute Gasteiger partial charge is 0.457 e. The van der Waals surface area contributed by atoms with Crippen molar-refractivity contribution in [2.24, 2.45) is 5.92 Å². The molecule has 6 nitrogen and oxygen atoms in total. The number of anilines is 1. The average molecular weight is 541 g/mol. The van der Waals surface area contributed by atoms with E-state index in [4.69, 9.17) is 10.00 Å². The van der Waals surface area contributed by atoms with E-state index < -0.39 is 15.7 Å². The predicted molar refractivity (Wildman–Crippen MR) is 147 cm³/mol. The Morgan fingerprint density at radius 1 is 0.974 bits per heavy atom. The molecule has 0 atom stereocenters. The van der Waals surface area contributed by atoms with E-state index in [0.29, 0.717) is 33.9 Å². The maximum absolute atomic E-state index is 13.8. The molecule has 1 amide bonds. The number of sulfone groups is 1. The van der Waals surface area contributed by atoms with Gasteiger partial charge in [0.25, 0.3) is 0 Å². The van der Waals surface area contributed by atoms with Gasteiger partial charge in [0.1, 0.15) is 17.3 Å². The molecule has 1 aliphatic carbocycles. The van der Waals surface area contributed by atoms with Gasteiger partial charge in [-0.15, -0.1) is 0 Å². The van der Waals surface area contributed by atoms with Crippen LogP contribution in [0.5, 0.6) is 11.5 Å². The maximum Gasteiger partial charge on any atom is 0.228 e. The van der Waals surface area contributed by atoms with Crippen molar-refractivity contribution < 1.29 is 22.3 Å². The van der Waals surface area contributed by atoms with E-state index in [2.05, 4.69) is 11.4 Å². The average Bonchev–Trinajstić information content (AvgIpc) is 3.73. The molecule has 0 aromatic heterocycles. The fourth-order valence-electron chi connectivity index (χ4n) is 4.20. The zero-order chi connectivity index (χ0) is 27.4. The number of nitrogens with zero attached hydrogens (tertiary/aromatic N) is 1.